The second kappa shape index (κ2) is 6.32. The maximum atomic E-state index is 14.0. The molecule has 2 atom stereocenters. The number of halogens is 2. The molecular formula is C20H19BrFNO. The first-order chi connectivity index (χ1) is 11.6. The first kappa shape index (κ1) is 15.8. The molecule has 124 valence electrons. The van der Waals surface area contributed by atoms with Gasteiger partial charge in [0.15, 0.2) is 0 Å². The molecule has 2 nitrogen and oxygen atoms in total. The van der Waals surface area contributed by atoms with Gasteiger partial charge in [0.05, 0.1) is 0 Å². The number of carbonyl (C=O) groups excluding carboxylic acids is 1. The van der Waals surface area contributed by atoms with Crippen LogP contribution in [0.2, 0.25) is 0 Å². The van der Waals surface area contributed by atoms with Crippen LogP contribution < -0.4 is 0 Å². The molecule has 0 radical (unpaired) electrons. The van der Waals surface area contributed by atoms with Gasteiger partial charge in [0.2, 0.25) is 5.91 Å². The van der Waals surface area contributed by atoms with Crippen molar-refractivity contribution in [3.05, 3.63) is 69.9 Å². The van der Waals surface area contributed by atoms with E-state index in [0.29, 0.717) is 24.1 Å². The van der Waals surface area contributed by atoms with Gasteiger partial charge in [0.1, 0.15) is 5.82 Å². The predicted octanol–water partition coefficient (Wildman–Crippen LogP) is 4.88. The van der Waals surface area contributed by atoms with Gasteiger partial charge in [0, 0.05) is 28.5 Å². The monoisotopic (exact) mass is 387 g/mol. The fourth-order valence-electron chi connectivity index (χ4n) is 3.34. The highest BCUT2D eigenvalue weighted by atomic mass is 79.9. The summed E-state index contributed by atoms with van der Waals surface area (Å²) < 4.78 is 15.0. The minimum absolute atomic E-state index is 0.0542. The third-order valence-electron chi connectivity index (χ3n) is 4.98. The van der Waals surface area contributed by atoms with Gasteiger partial charge < -0.3 is 4.90 Å². The van der Waals surface area contributed by atoms with Crippen LogP contribution in [0.1, 0.15) is 36.3 Å². The third-order valence-corrected chi connectivity index (χ3v) is 5.50. The van der Waals surface area contributed by atoms with Gasteiger partial charge >= 0.3 is 0 Å². The molecule has 2 unspecified atom stereocenters. The number of amides is 1. The highest BCUT2D eigenvalue weighted by Gasteiger charge is 2.48. The Labute approximate surface area is 149 Å². The number of hydrogen-bond donors (Lipinski definition) is 0. The molecule has 24 heavy (non-hydrogen) atoms. The number of benzene rings is 2. The topological polar surface area (TPSA) is 20.3 Å². The Bertz CT molecular complexity index is 756. The van der Waals surface area contributed by atoms with Crippen LogP contribution in [0.5, 0.6) is 0 Å². The zero-order valence-corrected chi connectivity index (χ0v) is 14.9. The number of nitrogens with zero attached hydrogens (tertiary/aromatic N) is 1. The average molecular weight is 388 g/mol. The lowest BCUT2D eigenvalue weighted by Crippen LogP contribution is -2.34. The number of rotatable bonds is 5. The van der Waals surface area contributed by atoms with Gasteiger partial charge in [-0.25, -0.2) is 4.39 Å². The van der Waals surface area contributed by atoms with Gasteiger partial charge in [0.25, 0.3) is 0 Å². The average Bonchev–Trinajstić information content (AvgIpc) is 3.47. The molecule has 2 aliphatic rings. The van der Waals surface area contributed by atoms with Crippen molar-refractivity contribution >= 4 is 21.8 Å². The summed E-state index contributed by atoms with van der Waals surface area (Å²) in [6, 6.07) is 15.3. The highest BCUT2D eigenvalue weighted by molar-refractivity contribution is 9.10. The molecule has 0 bridgehead atoms. The second-order valence-electron chi connectivity index (χ2n) is 6.79. The Kier molecular flexibility index (Phi) is 4.17. The van der Waals surface area contributed by atoms with Crippen molar-refractivity contribution in [3.8, 4) is 0 Å². The standard InChI is InChI=1S/C20H19BrFNO/c21-15-7-5-13(6-8-15)17-11-18(17)20(24)23(16-9-10-16)12-14-3-1-2-4-19(14)22/h1-8,16-18H,9-12H2. The lowest BCUT2D eigenvalue weighted by atomic mass is 10.1. The van der Waals surface area contributed by atoms with E-state index < -0.39 is 0 Å². The molecule has 0 aromatic heterocycles. The van der Waals surface area contributed by atoms with E-state index in [2.05, 4.69) is 28.1 Å². The Hall–Kier alpha value is -1.68. The highest BCUT2D eigenvalue weighted by Crippen LogP contribution is 2.49. The summed E-state index contributed by atoms with van der Waals surface area (Å²) in [5, 5.41) is 0. The van der Waals surface area contributed by atoms with Crippen molar-refractivity contribution in [2.24, 2.45) is 5.92 Å². The maximum absolute atomic E-state index is 14.0. The quantitative estimate of drug-likeness (QED) is 0.715. The fraction of sp³-hybridized carbons (Fsp3) is 0.350. The van der Waals surface area contributed by atoms with Crippen LogP contribution in [0.4, 0.5) is 4.39 Å². The van der Waals surface area contributed by atoms with Crippen LogP contribution in [-0.2, 0) is 11.3 Å². The van der Waals surface area contributed by atoms with Gasteiger partial charge in [-0.05, 0) is 48.9 Å². The predicted molar refractivity (Wildman–Crippen MR) is 95.0 cm³/mol. The van der Waals surface area contributed by atoms with Gasteiger partial charge in [-0.3, -0.25) is 4.79 Å². The van der Waals surface area contributed by atoms with E-state index in [1.165, 1.54) is 11.6 Å². The van der Waals surface area contributed by atoms with E-state index in [4.69, 9.17) is 0 Å². The molecule has 2 saturated carbocycles. The molecule has 2 aliphatic carbocycles. The zero-order chi connectivity index (χ0) is 16.7. The Morgan fingerprint density at radius 2 is 1.83 bits per heavy atom. The first-order valence-corrected chi connectivity index (χ1v) is 9.22. The molecule has 0 N–H and O–H groups in total. The molecule has 2 aromatic carbocycles. The zero-order valence-electron chi connectivity index (χ0n) is 13.3. The van der Waals surface area contributed by atoms with Crippen LogP contribution in [0.15, 0.2) is 53.0 Å². The van der Waals surface area contributed by atoms with E-state index in [1.807, 2.05) is 23.1 Å². The summed E-state index contributed by atoms with van der Waals surface area (Å²) in [5.41, 5.74) is 1.83. The van der Waals surface area contributed by atoms with Crippen molar-refractivity contribution in [3.63, 3.8) is 0 Å². The summed E-state index contributed by atoms with van der Waals surface area (Å²) in [7, 11) is 0. The summed E-state index contributed by atoms with van der Waals surface area (Å²) >= 11 is 3.44. The van der Waals surface area contributed by atoms with Crippen LogP contribution in [0, 0.1) is 11.7 Å². The Morgan fingerprint density at radius 3 is 2.50 bits per heavy atom. The largest absolute Gasteiger partial charge is 0.335 e. The summed E-state index contributed by atoms with van der Waals surface area (Å²) in [6.07, 6.45) is 2.98. The fourth-order valence-corrected chi connectivity index (χ4v) is 3.61. The van der Waals surface area contributed by atoms with Crippen LogP contribution in [0.3, 0.4) is 0 Å². The molecule has 0 spiro atoms. The lowest BCUT2D eigenvalue weighted by molar-refractivity contribution is -0.133. The van der Waals surface area contributed by atoms with Gasteiger partial charge in [-0.15, -0.1) is 0 Å². The van der Waals surface area contributed by atoms with Crippen molar-refractivity contribution in [1.29, 1.82) is 0 Å². The summed E-state index contributed by atoms with van der Waals surface area (Å²) in [5.74, 6) is 0.330. The van der Waals surface area contributed by atoms with Gasteiger partial charge in [-0.1, -0.05) is 46.3 Å². The molecule has 1 amide bonds. The van der Waals surface area contributed by atoms with Crippen molar-refractivity contribution in [2.75, 3.05) is 0 Å². The first-order valence-electron chi connectivity index (χ1n) is 8.43. The molecular weight excluding hydrogens is 369 g/mol. The lowest BCUT2D eigenvalue weighted by Gasteiger charge is -2.23. The molecule has 0 aliphatic heterocycles. The molecule has 0 heterocycles. The van der Waals surface area contributed by atoms with Crippen LogP contribution >= 0.6 is 15.9 Å². The smallest absolute Gasteiger partial charge is 0.226 e. The Balaban J connectivity index is 1.48. The Morgan fingerprint density at radius 1 is 1.12 bits per heavy atom. The van der Waals surface area contributed by atoms with Crippen molar-refractivity contribution < 1.29 is 9.18 Å². The van der Waals surface area contributed by atoms with E-state index in [1.54, 1.807) is 12.1 Å². The van der Waals surface area contributed by atoms with Crippen LogP contribution in [0.25, 0.3) is 0 Å². The molecule has 0 saturated heterocycles. The van der Waals surface area contributed by atoms with Crippen molar-refractivity contribution in [2.45, 2.75) is 37.8 Å². The molecule has 4 heteroatoms. The summed E-state index contributed by atoms with van der Waals surface area (Å²) in [4.78, 5) is 14.9. The van der Waals surface area contributed by atoms with E-state index in [0.717, 1.165) is 23.7 Å². The normalized spacial score (nSPS) is 22.2. The van der Waals surface area contributed by atoms with E-state index in [9.17, 15) is 9.18 Å². The van der Waals surface area contributed by atoms with Crippen LogP contribution in [-0.4, -0.2) is 16.8 Å². The third kappa shape index (κ3) is 3.25. The van der Waals surface area contributed by atoms with Gasteiger partial charge in [-0.2, -0.15) is 0 Å². The summed E-state index contributed by atoms with van der Waals surface area (Å²) in [6.45, 7) is 0.389. The van der Waals surface area contributed by atoms with E-state index in [-0.39, 0.29) is 17.6 Å². The van der Waals surface area contributed by atoms with E-state index >= 15 is 0 Å². The SMILES string of the molecule is O=C(C1CC1c1ccc(Br)cc1)N(Cc1ccccc1F)C1CC1. The second-order valence-corrected chi connectivity index (χ2v) is 7.70. The van der Waals surface area contributed by atoms with Crippen molar-refractivity contribution in [1.82, 2.24) is 4.90 Å². The maximum Gasteiger partial charge on any atom is 0.226 e. The molecule has 2 fully saturated rings. The minimum Gasteiger partial charge on any atom is -0.335 e. The molecule has 4 rings (SSSR count). The minimum atomic E-state index is -0.226. The number of hydrogen-bond acceptors (Lipinski definition) is 1. The molecule has 2 aromatic rings. The number of carbonyl (C=O) groups is 1.